The van der Waals surface area contributed by atoms with E-state index in [0.29, 0.717) is 11.3 Å². The van der Waals surface area contributed by atoms with E-state index in [9.17, 15) is 5.26 Å². The predicted octanol–water partition coefficient (Wildman–Crippen LogP) is 4.11. The molecule has 1 aromatic carbocycles. The number of rotatable bonds is 5. The van der Waals surface area contributed by atoms with Crippen molar-refractivity contribution in [1.29, 1.82) is 5.26 Å². The lowest BCUT2D eigenvalue weighted by atomic mass is 10.1. The van der Waals surface area contributed by atoms with E-state index < -0.39 is 0 Å². The van der Waals surface area contributed by atoms with Gasteiger partial charge in [0.2, 0.25) is 0 Å². The van der Waals surface area contributed by atoms with Crippen LogP contribution in [0.2, 0.25) is 0 Å². The SMILES string of the molecule is Cc1cc(C)c(C#N)c(SCc2nccn2Cc2ccccc2)n1. The van der Waals surface area contributed by atoms with Gasteiger partial charge < -0.3 is 4.57 Å². The molecule has 0 aliphatic heterocycles. The lowest BCUT2D eigenvalue weighted by Gasteiger charge is -2.09. The summed E-state index contributed by atoms with van der Waals surface area (Å²) >= 11 is 1.57. The number of thioether (sulfide) groups is 1. The highest BCUT2D eigenvalue weighted by Crippen LogP contribution is 2.26. The number of nitriles is 1. The minimum atomic E-state index is 0.659. The van der Waals surface area contributed by atoms with Gasteiger partial charge in [-0.2, -0.15) is 5.26 Å². The highest BCUT2D eigenvalue weighted by molar-refractivity contribution is 7.98. The number of aromatic nitrogens is 3. The molecule has 0 aliphatic rings. The summed E-state index contributed by atoms with van der Waals surface area (Å²) in [5.74, 6) is 1.67. The molecule has 0 atom stereocenters. The Balaban J connectivity index is 1.77. The highest BCUT2D eigenvalue weighted by Gasteiger charge is 2.11. The Labute approximate surface area is 146 Å². The van der Waals surface area contributed by atoms with E-state index in [0.717, 1.165) is 28.7 Å². The Bertz CT molecular complexity index is 878. The van der Waals surface area contributed by atoms with E-state index in [1.165, 1.54) is 5.56 Å². The van der Waals surface area contributed by atoms with Crippen LogP contribution in [0.3, 0.4) is 0 Å². The summed E-state index contributed by atoms with van der Waals surface area (Å²) in [5, 5.41) is 10.2. The van der Waals surface area contributed by atoms with Gasteiger partial charge in [-0.05, 0) is 31.0 Å². The fourth-order valence-electron chi connectivity index (χ4n) is 2.58. The Morgan fingerprint density at radius 1 is 1.21 bits per heavy atom. The van der Waals surface area contributed by atoms with Gasteiger partial charge in [-0.25, -0.2) is 9.97 Å². The molecule has 2 heterocycles. The minimum absolute atomic E-state index is 0.659. The van der Waals surface area contributed by atoms with Gasteiger partial charge in [-0.3, -0.25) is 0 Å². The van der Waals surface area contributed by atoms with E-state index in [1.807, 2.05) is 50.5 Å². The molecule has 0 unspecified atom stereocenters. The third-order valence-electron chi connectivity index (χ3n) is 3.76. The molecule has 2 aromatic heterocycles. The molecular formula is C19H18N4S. The van der Waals surface area contributed by atoms with Crippen molar-refractivity contribution in [3.63, 3.8) is 0 Å². The summed E-state index contributed by atoms with van der Waals surface area (Å²) in [4.78, 5) is 8.98. The second-order valence-electron chi connectivity index (χ2n) is 5.62. The summed E-state index contributed by atoms with van der Waals surface area (Å²) in [7, 11) is 0. The van der Waals surface area contributed by atoms with Gasteiger partial charge in [0.15, 0.2) is 0 Å². The van der Waals surface area contributed by atoms with E-state index in [1.54, 1.807) is 11.8 Å². The van der Waals surface area contributed by atoms with Crippen molar-refractivity contribution in [2.75, 3.05) is 0 Å². The molecule has 3 aromatic rings. The number of imidazole rings is 1. The molecule has 0 fully saturated rings. The predicted molar refractivity (Wildman–Crippen MR) is 95.8 cm³/mol. The van der Waals surface area contributed by atoms with Crippen molar-refractivity contribution >= 4 is 11.8 Å². The minimum Gasteiger partial charge on any atom is -0.330 e. The Morgan fingerprint density at radius 2 is 2.00 bits per heavy atom. The van der Waals surface area contributed by atoms with Crippen molar-refractivity contribution in [2.45, 2.75) is 31.2 Å². The topological polar surface area (TPSA) is 54.5 Å². The lowest BCUT2D eigenvalue weighted by molar-refractivity contribution is 0.756. The average molecular weight is 334 g/mol. The van der Waals surface area contributed by atoms with Crippen LogP contribution in [-0.2, 0) is 12.3 Å². The molecule has 3 rings (SSSR count). The van der Waals surface area contributed by atoms with Crippen molar-refractivity contribution in [1.82, 2.24) is 14.5 Å². The first-order valence-corrected chi connectivity index (χ1v) is 8.71. The van der Waals surface area contributed by atoms with E-state index >= 15 is 0 Å². The van der Waals surface area contributed by atoms with Crippen LogP contribution in [0.4, 0.5) is 0 Å². The largest absolute Gasteiger partial charge is 0.330 e. The highest BCUT2D eigenvalue weighted by atomic mass is 32.2. The summed E-state index contributed by atoms with van der Waals surface area (Å²) in [6, 6.07) is 14.5. The average Bonchev–Trinajstić information content (AvgIpc) is 3.00. The van der Waals surface area contributed by atoms with Crippen LogP contribution < -0.4 is 0 Å². The molecule has 0 aliphatic carbocycles. The number of hydrogen-bond donors (Lipinski definition) is 0. The van der Waals surface area contributed by atoms with Gasteiger partial charge in [0.1, 0.15) is 16.9 Å². The monoisotopic (exact) mass is 334 g/mol. The molecule has 0 spiro atoms. The van der Waals surface area contributed by atoms with Gasteiger partial charge in [-0.1, -0.05) is 42.1 Å². The molecule has 4 nitrogen and oxygen atoms in total. The van der Waals surface area contributed by atoms with Crippen LogP contribution in [0, 0.1) is 25.2 Å². The molecule has 0 N–H and O–H groups in total. The van der Waals surface area contributed by atoms with Crippen LogP contribution >= 0.6 is 11.8 Å². The van der Waals surface area contributed by atoms with E-state index in [4.69, 9.17) is 0 Å². The van der Waals surface area contributed by atoms with E-state index in [-0.39, 0.29) is 0 Å². The zero-order valence-corrected chi connectivity index (χ0v) is 14.5. The molecular weight excluding hydrogens is 316 g/mol. The Hall–Kier alpha value is -2.58. The van der Waals surface area contributed by atoms with Gasteiger partial charge in [0, 0.05) is 24.6 Å². The summed E-state index contributed by atoms with van der Waals surface area (Å²) in [5.41, 5.74) is 3.80. The first-order valence-electron chi connectivity index (χ1n) is 7.72. The van der Waals surface area contributed by atoms with Gasteiger partial charge in [0.25, 0.3) is 0 Å². The third kappa shape index (κ3) is 3.66. The number of aryl methyl sites for hydroxylation is 2. The molecule has 0 radical (unpaired) electrons. The molecule has 0 saturated carbocycles. The zero-order valence-electron chi connectivity index (χ0n) is 13.7. The van der Waals surface area contributed by atoms with Crippen molar-refractivity contribution in [3.05, 3.63) is 77.0 Å². The second-order valence-corrected chi connectivity index (χ2v) is 6.58. The van der Waals surface area contributed by atoms with Crippen molar-refractivity contribution in [3.8, 4) is 6.07 Å². The van der Waals surface area contributed by atoms with Crippen LogP contribution in [0.5, 0.6) is 0 Å². The third-order valence-corrected chi connectivity index (χ3v) is 4.73. The van der Waals surface area contributed by atoms with Gasteiger partial charge >= 0.3 is 0 Å². The maximum absolute atomic E-state index is 9.37. The number of benzene rings is 1. The maximum Gasteiger partial charge on any atom is 0.119 e. The molecule has 120 valence electrons. The number of pyridine rings is 1. The van der Waals surface area contributed by atoms with Crippen LogP contribution in [0.1, 0.15) is 28.2 Å². The first-order chi connectivity index (χ1) is 11.7. The smallest absolute Gasteiger partial charge is 0.119 e. The van der Waals surface area contributed by atoms with Crippen LogP contribution in [0.25, 0.3) is 0 Å². The second kappa shape index (κ2) is 7.33. The molecule has 0 bridgehead atoms. The van der Waals surface area contributed by atoms with Gasteiger partial charge in [-0.15, -0.1) is 0 Å². The molecule has 5 heteroatoms. The number of nitrogens with zero attached hydrogens (tertiary/aromatic N) is 4. The molecule has 0 saturated heterocycles. The first kappa shape index (κ1) is 16.3. The fourth-order valence-corrected chi connectivity index (χ4v) is 3.65. The number of hydrogen-bond acceptors (Lipinski definition) is 4. The normalized spacial score (nSPS) is 10.5. The van der Waals surface area contributed by atoms with Crippen molar-refractivity contribution < 1.29 is 0 Å². The standard InChI is InChI=1S/C19H18N4S/c1-14-10-15(2)22-19(17(14)11-20)24-13-18-21-8-9-23(18)12-16-6-4-3-5-7-16/h3-10H,12-13H2,1-2H3. The van der Waals surface area contributed by atoms with Crippen LogP contribution in [0.15, 0.2) is 53.8 Å². The summed E-state index contributed by atoms with van der Waals surface area (Å²) in [6.45, 7) is 4.70. The Kier molecular flexibility index (Phi) is 4.97. The fraction of sp³-hybridized carbons (Fsp3) is 0.211. The zero-order chi connectivity index (χ0) is 16.9. The molecule has 24 heavy (non-hydrogen) atoms. The van der Waals surface area contributed by atoms with Crippen molar-refractivity contribution in [2.24, 2.45) is 0 Å². The molecule has 0 amide bonds. The maximum atomic E-state index is 9.37. The Morgan fingerprint density at radius 3 is 2.75 bits per heavy atom. The van der Waals surface area contributed by atoms with Crippen LogP contribution in [-0.4, -0.2) is 14.5 Å². The van der Waals surface area contributed by atoms with E-state index in [2.05, 4.69) is 32.7 Å². The quantitative estimate of drug-likeness (QED) is 0.659. The summed E-state index contributed by atoms with van der Waals surface area (Å²) in [6.07, 6.45) is 3.81. The summed E-state index contributed by atoms with van der Waals surface area (Å²) < 4.78 is 2.14. The lowest BCUT2D eigenvalue weighted by Crippen LogP contribution is -2.04. The van der Waals surface area contributed by atoms with Gasteiger partial charge in [0.05, 0.1) is 11.3 Å².